The maximum Gasteiger partial charge on any atom is 0.404 e. The minimum absolute atomic E-state index is 0.00930. The number of ketones is 1. The van der Waals surface area contributed by atoms with Crippen LogP contribution in [-0.4, -0.2) is 81.5 Å². The van der Waals surface area contributed by atoms with Crippen molar-refractivity contribution in [1.29, 1.82) is 0 Å². The second-order valence-corrected chi connectivity index (χ2v) is 17.3. The molecule has 1 aromatic carbocycles. The largest absolute Gasteiger partial charge is 0.466 e. The Morgan fingerprint density at radius 3 is 2.43 bits per heavy atom. The Kier molecular flexibility index (Phi) is 11.2. The van der Waals surface area contributed by atoms with Crippen LogP contribution < -0.4 is 9.34 Å². The number of ether oxygens (including phenoxy) is 5. The molecule has 4 fully saturated rings. The van der Waals surface area contributed by atoms with Crippen LogP contribution in [0.4, 0.5) is 0 Å². The molecule has 1 aliphatic heterocycles. The molecule has 0 amide bonds. The third-order valence-electron chi connectivity index (χ3n) is 11.9. The zero-order valence-corrected chi connectivity index (χ0v) is 32.1. The van der Waals surface area contributed by atoms with Crippen molar-refractivity contribution in [2.24, 2.45) is 34.0 Å². The summed E-state index contributed by atoms with van der Waals surface area (Å²) in [7, 11) is -4.27. The van der Waals surface area contributed by atoms with E-state index in [0.717, 1.165) is 6.29 Å². The first-order chi connectivity index (χ1) is 26.5. The van der Waals surface area contributed by atoms with Gasteiger partial charge < -0.3 is 28.5 Å². The molecule has 1 saturated heterocycles. The van der Waals surface area contributed by atoms with Gasteiger partial charge in [-0.25, -0.2) is 8.42 Å². The summed E-state index contributed by atoms with van der Waals surface area (Å²) >= 11 is 0. The summed E-state index contributed by atoms with van der Waals surface area (Å²) in [4.78, 5) is 91.1. The zero-order chi connectivity index (χ0) is 40.6. The second-order valence-electron chi connectivity index (χ2n) is 15.5. The van der Waals surface area contributed by atoms with Gasteiger partial charge in [0.05, 0.1) is 23.5 Å². The van der Waals surface area contributed by atoms with E-state index in [4.69, 9.17) is 23.7 Å². The standard InChI is InChI=1S/C38H45N2O15S/c1-22-25-14-15-26-37(27(20-41)36(3,4)17-16-28(37)53-23(2)42)21-52-35(46)38(26,31(22)45)32(25)54-30(44)13-8-12-29(43)50-18-9-19-51-33-34(40(47)55-39-33)56(48,49)24-10-6-5-7-11-24/h5-7,10-11,20,25-28,32,39H,1,8-9,12-19,21H2,2-4H3/q+1/t25-,26-,27+,28-,32+,37-,38-/m0/s1. The smallest absolute Gasteiger partial charge is 0.404 e. The molecule has 302 valence electrons. The molecule has 1 aromatic heterocycles. The van der Waals surface area contributed by atoms with Gasteiger partial charge in [-0.3, -0.25) is 24.0 Å². The van der Waals surface area contributed by atoms with Crippen LogP contribution in [0.1, 0.15) is 72.1 Å². The van der Waals surface area contributed by atoms with Crippen LogP contribution in [0.15, 0.2) is 57.0 Å². The van der Waals surface area contributed by atoms with Gasteiger partial charge in [0, 0.05) is 38.0 Å². The van der Waals surface area contributed by atoms with Crippen LogP contribution in [0.3, 0.4) is 0 Å². The van der Waals surface area contributed by atoms with Crippen molar-refractivity contribution >= 4 is 45.8 Å². The summed E-state index contributed by atoms with van der Waals surface area (Å²) in [6.45, 7) is 8.53. The number of H-pyrrole nitrogens is 1. The molecule has 18 heteroatoms. The number of esters is 4. The molecule has 6 rings (SSSR count). The lowest BCUT2D eigenvalue weighted by atomic mass is 9.43. The number of hydrogen-bond acceptors (Lipinski definition) is 15. The molecule has 56 heavy (non-hydrogen) atoms. The Morgan fingerprint density at radius 2 is 1.73 bits per heavy atom. The van der Waals surface area contributed by atoms with E-state index in [0.29, 0.717) is 25.7 Å². The quantitative estimate of drug-likeness (QED) is 0.0722. The lowest BCUT2D eigenvalue weighted by molar-refractivity contribution is -0.744. The highest BCUT2D eigenvalue weighted by Crippen LogP contribution is 2.68. The number of aldehydes is 1. The van der Waals surface area contributed by atoms with E-state index in [-0.39, 0.29) is 60.6 Å². The first-order valence-electron chi connectivity index (χ1n) is 18.5. The average molecular weight is 802 g/mol. The first kappa shape index (κ1) is 40.5. The molecule has 0 radical (unpaired) electrons. The summed E-state index contributed by atoms with van der Waals surface area (Å²) in [5, 5.41) is 1.35. The van der Waals surface area contributed by atoms with Crippen LogP contribution in [0.25, 0.3) is 0 Å². The van der Waals surface area contributed by atoms with Gasteiger partial charge in [-0.1, -0.05) is 43.3 Å². The maximum absolute atomic E-state index is 14.2. The molecule has 2 aromatic rings. The van der Waals surface area contributed by atoms with Crippen molar-refractivity contribution in [3.63, 3.8) is 0 Å². The fourth-order valence-corrected chi connectivity index (χ4v) is 10.8. The Bertz CT molecular complexity index is 2090. The van der Waals surface area contributed by atoms with E-state index in [1.165, 1.54) is 31.2 Å². The van der Waals surface area contributed by atoms with E-state index in [9.17, 15) is 42.1 Å². The number of carbonyl (C=O) groups is 6. The fraction of sp³-hybridized carbons (Fsp3) is 0.579. The van der Waals surface area contributed by atoms with E-state index < -0.39 is 96.6 Å². The Hall–Kier alpha value is -5.13. The van der Waals surface area contributed by atoms with Crippen molar-refractivity contribution in [2.75, 3.05) is 19.8 Å². The van der Waals surface area contributed by atoms with Crippen molar-refractivity contribution in [3.8, 4) is 5.88 Å². The predicted octanol–water partition coefficient (Wildman–Crippen LogP) is 3.01. The molecule has 7 atom stereocenters. The number of Topliss-reactive ketones (excluding diaryl/α,β-unsaturated/α-hetero) is 1. The van der Waals surface area contributed by atoms with Crippen molar-refractivity contribution in [1.82, 2.24) is 5.16 Å². The van der Waals surface area contributed by atoms with Gasteiger partial charge in [-0.05, 0) is 71.2 Å². The average Bonchev–Trinajstić information content (AvgIpc) is 3.58. The summed E-state index contributed by atoms with van der Waals surface area (Å²) in [5.41, 5.74) is -3.72. The number of aromatic amines is 1. The van der Waals surface area contributed by atoms with Gasteiger partial charge >= 0.3 is 34.8 Å². The normalized spacial score (nSPS) is 29.2. The molecular formula is C38H45N2O15S+. The van der Waals surface area contributed by atoms with Crippen molar-refractivity contribution < 1.29 is 70.1 Å². The van der Waals surface area contributed by atoms with Gasteiger partial charge in [0.25, 0.3) is 9.84 Å². The molecule has 3 aliphatic carbocycles. The number of cyclic esters (lactones) is 1. The van der Waals surface area contributed by atoms with E-state index in [1.807, 2.05) is 13.8 Å². The summed E-state index contributed by atoms with van der Waals surface area (Å²) in [6, 6.07) is 7.22. The summed E-state index contributed by atoms with van der Waals surface area (Å²) in [5.74, 6) is -6.20. The number of rotatable bonds is 14. The highest BCUT2D eigenvalue weighted by molar-refractivity contribution is 7.91. The highest BCUT2D eigenvalue weighted by atomic mass is 32.2. The number of nitrogens with one attached hydrogen (secondary N) is 1. The molecule has 2 bridgehead atoms. The van der Waals surface area contributed by atoms with Gasteiger partial charge in [-0.15, -0.1) is 0 Å². The Balaban J connectivity index is 1.06. The predicted molar refractivity (Wildman–Crippen MR) is 187 cm³/mol. The number of aromatic nitrogens is 2. The number of nitrogens with zero attached hydrogens (tertiary/aromatic N) is 1. The molecule has 4 aliphatic rings. The van der Waals surface area contributed by atoms with Crippen molar-refractivity contribution in [2.45, 2.75) is 94.3 Å². The third kappa shape index (κ3) is 6.74. The van der Waals surface area contributed by atoms with E-state index in [1.54, 1.807) is 6.07 Å². The number of hydrogen-bond donors (Lipinski definition) is 1. The molecular weight excluding hydrogens is 756 g/mol. The van der Waals surface area contributed by atoms with Gasteiger partial charge in [0.1, 0.15) is 25.1 Å². The minimum atomic E-state index is -4.27. The number of fused-ring (bicyclic) bond motifs is 2. The summed E-state index contributed by atoms with van der Waals surface area (Å²) < 4.78 is 58.4. The molecule has 2 spiro atoms. The first-order valence-corrected chi connectivity index (χ1v) is 20.0. The number of carbonyl (C=O) groups excluding carboxylic acids is 6. The van der Waals surface area contributed by atoms with E-state index >= 15 is 0 Å². The molecule has 3 saturated carbocycles. The van der Waals surface area contributed by atoms with Gasteiger partial charge in [0.2, 0.25) is 4.60 Å². The van der Waals surface area contributed by atoms with Crippen LogP contribution in [0.5, 0.6) is 5.88 Å². The topological polar surface area (TPSA) is 235 Å². The Morgan fingerprint density at radius 1 is 1.02 bits per heavy atom. The monoisotopic (exact) mass is 801 g/mol. The summed E-state index contributed by atoms with van der Waals surface area (Å²) in [6.07, 6.45) is -0.0826. The highest BCUT2D eigenvalue weighted by Gasteiger charge is 2.79. The third-order valence-corrected chi connectivity index (χ3v) is 13.6. The fourth-order valence-electron chi connectivity index (χ4n) is 9.45. The van der Waals surface area contributed by atoms with Crippen LogP contribution in [0.2, 0.25) is 0 Å². The Labute approximate surface area is 321 Å². The SMILES string of the molecule is C=C1C(=O)[C@@]23C(=O)OC[C@]4([C@@H](OC(C)=O)CCC(C)(C)[C@H]4C=O)[C@@H]2CC[C@@H]1[C@H]3OC(=O)CCCC(=O)OCCCOc1[nH]o[n+](=O)c1S(=O)(=O)c1ccccc1. The molecule has 1 N–H and O–H groups in total. The van der Waals surface area contributed by atoms with Gasteiger partial charge in [0.15, 0.2) is 11.2 Å². The molecule has 17 nitrogen and oxygen atoms in total. The lowest BCUT2D eigenvalue weighted by Gasteiger charge is -2.62. The molecule has 0 unspecified atom stereocenters. The molecule has 2 heterocycles. The van der Waals surface area contributed by atoms with Crippen molar-refractivity contribution in [3.05, 3.63) is 47.4 Å². The zero-order valence-electron chi connectivity index (χ0n) is 31.3. The second kappa shape index (κ2) is 15.4. The van der Waals surface area contributed by atoms with Crippen LogP contribution in [0, 0.1) is 38.9 Å². The van der Waals surface area contributed by atoms with E-state index in [2.05, 4.69) is 16.4 Å². The lowest BCUT2D eigenvalue weighted by Crippen LogP contribution is -2.71. The van der Waals surface area contributed by atoms with Crippen LogP contribution >= 0.6 is 0 Å². The van der Waals surface area contributed by atoms with Gasteiger partial charge in [-0.2, -0.15) is 0 Å². The number of sulfone groups is 1. The number of benzene rings is 1. The minimum Gasteiger partial charge on any atom is -0.466 e. The maximum atomic E-state index is 14.2. The van der Waals surface area contributed by atoms with Crippen LogP contribution in [-0.2, 0) is 57.6 Å².